The van der Waals surface area contributed by atoms with E-state index >= 15 is 0 Å². The van der Waals surface area contributed by atoms with E-state index in [-0.39, 0.29) is 0 Å². The molecule has 0 heterocycles. The van der Waals surface area contributed by atoms with E-state index in [0.29, 0.717) is 11.3 Å². The lowest BCUT2D eigenvalue weighted by molar-refractivity contribution is -0.124. The molecule has 0 spiro atoms. The number of carbonyl (C=O) groups excluding carboxylic acids is 1. The van der Waals surface area contributed by atoms with Crippen LogP contribution in [0.15, 0.2) is 48.5 Å². The number of aliphatic hydroxyl groups excluding tert-OH is 1. The lowest BCUT2D eigenvalue weighted by atomic mass is 10.1. The fraction of sp³-hybridized carbons (Fsp3) is 0.235. The molecule has 0 aromatic heterocycles. The Bertz CT molecular complexity index is 573. The Morgan fingerprint density at radius 3 is 2.25 bits per heavy atom. The molecule has 1 unspecified atom stereocenters. The Kier molecular flexibility index (Phi) is 4.53. The van der Waals surface area contributed by atoms with Crippen molar-refractivity contribution in [1.29, 1.82) is 0 Å². The number of nitrogens with one attached hydrogen (secondary N) is 1. The summed E-state index contributed by atoms with van der Waals surface area (Å²) in [6, 6.07) is 14.9. The average molecular weight is 269 g/mol. The van der Waals surface area contributed by atoms with E-state index in [9.17, 15) is 9.90 Å². The number of rotatable bonds is 4. The molecule has 0 fully saturated rings. The van der Waals surface area contributed by atoms with Gasteiger partial charge in [0.25, 0.3) is 5.91 Å². The highest BCUT2D eigenvalue weighted by Gasteiger charge is 2.17. The molecule has 2 N–H and O–H groups in total. The van der Waals surface area contributed by atoms with Gasteiger partial charge in [-0.25, -0.2) is 0 Å². The molecular formula is C17H19NO2. The van der Waals surface area contributed by atoms with Gasteiger partial charge in [0, 0.05) is 5.69 Å². The summed E-state index contributed by atoms with van der Waals surface area (Å²) in [5.74, 6) is -0.418. The summed E-state index contributed by atoms with van der Waals surface area (Å²) in [5, 5.41) is 12.7. The zero-order valence-corrected chi connectivity index (χ0v) is 11.8. The third-order valence-electron chi connectivity index (χ3n) is 3.27. The van der Waals surface area contributed by atoms with Crippen molar-refractivity contribution in [3.63, 3.8) is 0 Å². The van der Waals surface area contributed by atoms with E-state index in [2.05, 4.69) is 12.2 Å². The zero-order valence-electron chi connectivity index (χ0n) is 11.8. The van der Waals surface area contributed by atoms with Crippen molar-refractivity contribution < 1.29 is 9.90 Å². The van der Waals surface area contributed by atoms with Crippen LogP contribution in [0.4, 0.5) is 5.69 Å². The van der Waals surface area contributed by atoms with Gasteiger partial charge >= 0.3 is 0 Å². The van der Waals surface area contributed by atoms with Gasteiger partial charge in [-0.05, 0) is 36.6 Å². The lowest BCUT2D eigenvalue weighted by Crippen LogP contribution is -2.20. The molecular weight excluding hydrogens is 250 g/mol. The Hall–Kier alpha value is -2.13. The molecule has 0 saturated carbocycles. The molecule has 0 aliphatic rings. The van der Waals surface area contributed by atoms with Crippen LogP contribution in [0.2, 0.25) is 0 Å². The van der Waals surface area contributed by atoms with Crippen molar-refractivity contribution >= 4 is 11.6 Å². The monoisotopic (exact) mass is 269 g/mol. The third kappa shape index (κ3) is 3.45. The number of amides is 1. The number of aliphatic hydroxyl groups is 1. The second-order valence-electron chi connectivity index (χ2n) is 4.85. The first-order chi connectivity index (χ1) is 9.60. The van der Waals surface area contributed by atoms with Crippen LogP contribution in [0, 0.1) is 6.92 Å². The van der Waals surface area contributed by atoms with Gasteiger partial charge < -0.3 is 10.4 Å². The molecule has 2 rings (SSSR count). The fourth-order valence-electron chi connectivity index (χ4n) is 1.93. The first kappa shape index (κ1) is 14.3. The summed E-state index contributed by atoms with van der Waals surface area (Å²) in [7, 11) is 0. The van der Waals surface area contributed by atoms with Crippen molar-refractivity contribution in [1.82, 2.24) is 0 Å². The molecule has 0 bridgehead atoms. The van der Waals surface area contributed by atoms with Gasteiger partial charge in [-0.2, -0.15) is 0 Å². The molecule has 3 heteroatoms. The van der Waals surface area contributed by atoms with Crippen LogP contribution in [0.1, 0.15) is 29.7 Å². The molecule has 0 radical (unpaired) electrons. The SMILES string of the molecule is CCc1ccc(NC(=O)C(O)c2ccc(C)cc2)cc1. The van der Waals surface area contributed by atoms with Crippen LogP contribution in [0.25, 0.3) is 0 Å². The first-order valence-electron chi connectivity index (χ1n) is 6.74. The third-order valence-corrected chi connectivity index (χ3v) is 3.27. The quantitative estimate of drug-likeness (QED) is 0.895. The molecule has 3 nitrogen and oxygen atoms in total. The summed E-state index contributed by atoms with van der Waals surface area (Å²) in [4.78, 5) is 12.0. The topological polar surface area (TPSA) is 49.3 Å². The number of hydrogen-bond donors (Lipinski definition) is 2. The Balaban J connectivity index is 2.05. The summed E-state index contributed by atoms with van der Waals surface area (Å²) >= 11 is 0. The van der Waals surface area contributed by atoms with Crippen LogP contribution >= 0.6 is 0 Å². The summed E-state index contributed by atoms with van der Waals surface area (Å²) < 4.78 is 0. The highest BCUT2D eigenvalue weighted by Crippen LogP contribution is 2.17. The van der Waals surface area contributed by atoms with Gasteiger partial charge in [-0.15, -0.1) is 0 Å². The van der Waals surface area contributed by atoms with E-state index in [4.69, 9.17) is 0 Å². The minimum Gasteiger partial charge on any atom is -0.378 e. The Morgan fingerprint density at radius 1 is 1.10 bits per heavy atom. The lowest BCUT2D eigenvalue weighted by Gasteiger charge is -2.12. The Labute approximate surface area is 119 Å². The van der Waals surface area contributed by atoms with Crippen LogP contribution in [-0.2, 0) is 11.2 Å². The average Bonchev–Trinajstić information content (AvgIpc) is 2.48. The number of anilines is 1. The van der Waals surface area contributed by atoms with Gasteiger partial charge in [0.15, 0.2) is 6.10 Å². The van der Waals surface area contributed by atoms with Crippen molar-refractivity contribution in [3.05, 3.63) is 65.2 Å². The standard InChI is InChI=1S/C17H19NO2/c1-3-13-6-10-15(11-7-13)18-17(20)16(19)14-8-4-12(2)5-9-14/h4-11,16,19H,3H2,1-2H3,(H,18,20). The first-order valence-corrected chi connectivity index (χ1v) is 6.74. The van der Waals surface area contributed by atoms with Gasteiger partial charge in [0.05, 0.1) is 0 Å². The highest BCUT2D eigenvalue weighted by molar-refractivity contribution is 5.94. The number of carbonyl (C=O) groups is 1. The number of aryl methyl sites for hydroxylation is 2. The van der Waals surface area contributed by atoms with Gasteiger partial charge in [-0.3, -0.25) is 4.79 Å². The van der Waals surface area contributed by atoms with E-state index in [1.54, 1.807) is 12.1 Å². The molecule has 2 aromatic carbocycles. The second kappa shape index (κ2) is 6.35. The molecule has 0 saturated heterocycles. The Morgan fingerprint density at radius 2 is 1.70 bits per heavy atom. The zero-order chi connectivity index (χ0) is 14.5. The molecule has 1 atom stereocenters. The second-order valence-corrected chi connectivity index (χ2v) is 4.85. The van der Waals surface area contributed by atoms with Crippen molar-refractivity contribution in [2.75, 3.05) is 5.32 Å². The van der Waals surface area contributed by atoms with Crippen LogP contribution < -0.4 is 5.32 Å². The maximum absolute atomic E-state index is 12.0. The molecule has 0 aliphatic heterocycles. The predicted octanol–water partition coefficient (Wildman–Crippen LogP) is 3.23. The smallest absolute Gasteiger partial charge is 0.257 e. The van der Waals surface area contributed by atoms with E-state index in [0.717, 1.165) is 12.0 Å². The normalized spacial score (nSPS) is 11.9. The van der Waals surface area contributed by atoms with Crippen LogP contribution in [-0.4, -0.2) is 11.0 Å². The molecule has 104 valence electrons. The number of hydrogen-bond acceptors (Lipinski definition) is 2. The fourth-order valence-corrected chi connectivity index (χ4v) is 1.93. The minimum atomic E-state index is -1.15. The largest absolute Gasteiger partial charge is 0.378 e. The molecule has 20 heavy (non-hydrogen) atoms. The molecule has 0 aliphatic carbocycles. The summed E-state index contributed by atoms with van der Waals surface area (Å²) in [6.45, 7) is 4.04. The van der Waals surface area contributed by atoms with Crippen molar-refractivity contribution in [2.24, 2.45) is 0 Å². The van der Waals surface area contributed by atoms with Crippen LogP contribution in [0.3, 0.4) is 0 Å². The maximum Gasteiger partial charge on any atom is 0.257 e. The number of benzene rings is 2. The van der Waals surface area contributed by atoms with Gasteiger partial charge in [0.2, 0.25) is 0 Å². The van der Waals surface area contributed by atoms with Crippen molar-refractivity contribution in [2.45, 2.75) is 26.4 Å². The highest BCUT2D eigenvalue weighted by atomic mass is 16.3. The maximum atomic E-state index is 12.0. The molecule has 2 aromatic rings. The summed E-state index contributed by atoms with van der Waals surface area (Å²) in [5.41, 5.74) is 3.59. The van der Waals surface area contributed by atoms with Gasteiger partial charge in [-0.1, -0.05) is 48.9 Å². The predicted molar refractivity (Wildman–Crippen MR) is 80.6 cm³/mol. The van der Waals surface area contributed by atoms with E-state index < -0.39 is 12.0 Å². The van der Waals surface area contributed by atoms with E-state index in [1.165, 1.54) is 5.56 Å². The minimum absolute atomic E-state index is 0.418. The molecule has 1 amide bonds. The van der Waals surface area contributed by atoms with Gasteiger partial charge in [0.1, 0.15) is 0 Å². The summed E-state index contributed by atoms with van der Waals surface area (Å²) in [6.07, 6.45) is -0.193. The van der Waals surface area contributed by atoms with E-state index in [1.807, 2.05) is 43.3 Å². The van der Waals surface area contributed by atoms with Crippen molar-refractivity contribution in [3.8, 4) is 0 Å². The van der Waals surface area contributed by atoms with Crippen LogP contribution in [0.5, 0.6) is 0 Å².